The van der Waals surface area contributed by atoms with E-state index in [0.717, 1.165) is 25.5 Å². The first kappa shape index (κ1) is 33.0. The minimum atomic E-state index is -4.14. The van der Waals surface area contributed by atoms with Gasteiger partial charge in [0.2, 0.25) is 11.8 Å². The highest BCUT2D eigenvalue weighted by molar-refractivity contribution is 9.10. The van der Waals surface area contributed by atoms with Gasteiger partial charge in [-0.2, -0.15) is 0 Å². The molecular weight excluding hydrogens is 638 g/mol. The monoisotopic (exact) mass is 675 g/mol. The predicted octanol–water partition coefficient (Wildman–Crippen LogP) is 6.51. The van der Waals surface area contributed by atoms with Gasteiger partial charge < -0.3 is 10.2 Å². The predicted molar refractivity (Wildman–Crippen MR) is 179 cm³/mol. The topological polar surface area (TPSA) is 86.8 Å². The lowest BCUT2D eigenvalue weighted by atomic mass is 10.0. The Kier molecular flexibility index (Phi) is 10.7. The molecule has 4 aromatic carbocycles. The van der Waals surface area contributed by atoms with Crippen LogP contribution in [0.15, 0.2) is 119 Å². The summed E-state index contributed by atoms with van der Waals surface area (Å²) >= 11 is 3.41. The highest BCUT2D eigenvalue weighted by atomic mass is 79.9. The third-order valence-electron chi connectivity index (χ3n) is 6.97. The Morgan fingerprint density at radius 2 is 1.36 bits per heavy atom. The van der Waals surface area contributed by atoms with Crippen LogP contribution in [0.5, 0.6) is 0 Å². The van der Waals surface area contributed by atoms with E-state index in [4.69, 9.17) is 0 Å². The Balaban J connectivity index is 1.80. The summed E-state index contributed by atoms with van der Waals surface area (Å²) < 4.78 is 29.9. The molecule has 0 aliphatic rings. The molecular formula is C35H38BrN3O4S. The zero-order valence-electron chi connectivity index (χ0n) is 25.4. The van der Waals surface area contributed by atoms with Gasteiger partial charge in [0.15, 0.2) is 0 Å². The number of nitrogens with zero attached hydrogens (tertiary/aromatic N) is 2. The Morgan fingerprint density at radius 1 is 0.795 bits per heavy atom. The van der Waals surface area contributed by atoms with Gasteiger partial charge in [0, 0.05) is 23.0 Å². The van der Waals surface area contributed by atoms with Gasteiger partial charge in [-0.3, -0.25) is 13.9 Å². The first-order valence-electron chi connectivity index (χ1n) is 14.4. The largest absolute Gasteiger partial charge is 0.350 e. The van der Waals surface area contributed by atoms with Crippen molar-refractivity contribution in [3.8, 4) is 0 Å². The molecule has 230 valence electrons. The standard InChI is InChI=1S/C35H38BrN3O4S/c1-26-15-17-28(18-16-26)24-38(32(34(41)37-35(2,3)4)23-27-11-7-5-8-12-27)33(40)25-39(30-21-19-29(36)20-22-30)44(42,43)31-13-9-6-10-14-31/h5-22,32H,23-25H2,1-4H3,(H,37,41)/t32-/m1/s1. The number of halogens is 1. The number of aryl methyl sites for hydroxylation is 1. The van der Waals surface area contributed by atoms with Crippen molar-refractivity contribution in [2.24, 2.45) is 0 Å². The number of benzene rings is 4. The van der Waals surface area contributed by atoms with E-state index >= 15 is 0 Å². The number of rotatable bonds is 11. The van der Waals surface area contributed by atoms with Crippen molar-refractivity contribution < 1.29 is 18.0 Å². The number of carbonyl (C=O) groups is 2. The number of amides is 2. The molecule has 7 nitrogen and oxygen atoms in total. The van der Waals surface area contributed by atoms with E-state index < -0.39 is 34.1 Å². The van der Waals surface area contributed by atoms with Crippen LogP contribution >= 0.6 is 15.9 Å². The normalized spacial score (nSPS) is 12.3. The fourth-order valence-electron chi connectivity index (χ4n) is 4.75. The van der Waals surface area contributed by atoms with Crippen molar-refractivity contribution in [3.63, 3.8) is 0 Å². The molecule has 0 fully saturated rings. The quantitative estimate of drug-likeness (QED) is 0.196. The third kappa shape index (κ3) is 8.80. The SMILES string of the molecule is Cc1ccc(CN(C(=O)CN(c2ccc(Br)cc2)S(=O)(=O)c2ccccc2)[C@H](Cc2ccccc2)C(=O)NC(C)(C)C)cc1. The van der Waals surface area contributed by atoms with E-state index in [9.17, 15) is 18.0 Å². The van der Waals surface area contributed by atoms with E-state index in [1.807, 2.05) is 82.3 Å². The molecule has 0 saturated heterocycles. The molecule has 0 heterocycles. The smallest absolute Gasteiger partial charge is 0.264 e. The zero-order valence-corrected chi connectivity index (χ0v) is 27.8. The molecule has 2 amide bonds. The second kappa shape index (κ2) is 14.2. The fourth-order valence-corrected chi connectivity index (χ4v) is 6.45. The first-order valence-corrected chi connectivity index (χ1v) is 16.6. The van der Waals surface area contributed by atoms with Gasteiger partial charge in [0.25, 0.3) is 10.0 Å². The molecule has 1 atom stereocenters. The van der Waals surface area contributed by atoms with Crippen LogP contribution in [0, 0.1) is 6.92 Å². The summed E-state index contributed by atoms with van der Waals surface area (Å²) in [6, 6.07) is 31.1. The maximum absolute atomic E-state index is 14.5. The van der Waals surface area contributed by atoms with Crippen LogP contribution in [0.4, 0.5) is 5.69 Å². The summed E-state index contributed by atoms with van der Waals surface area (Å²) in [5, 5.41) is 3.05. The lowest BCUT2D eigenvalue weighted by Gasteiger charge is -2.35. The van der Waals surface area contributed by atoms with Crippen LogP contribution in [0.25, 0.3) is 0 Å². The van der Waals surface area contributed by atoms with Gasteiger partial charge in [0.05, 0.1) is 10.6 Å². The first-order chi connectivity index (χ1) is 20.8. The molecule has 4 rings (SSSR count). The van der Waals surface area contributed by atoms with Crippen molar-refractivity contribution in [2.45, 2.75) is 57.1 Å². The molecule has 0 aliphatic carbocycles. The second-order valence-electron chi connectivity index (χ2n) is 11.8. The number of nitrogens with one attached hydrogen (secondary N) is 1. The lowest BCUT2D eigenvalue weighted by molar-refractivity contribution is -0.140. The lowest BCUT2D eigenvalue weighted by Crippen LogP contribution is -2.56. The Labute approximate surface area is 269 Å². The van der Waals surface area contributed by atoms with Gasteiger partial charge in [0.1, 0.15) is 12.6 Å². The van der Waals surface area contributed by atoms with Gasteiger partial charge in [-0.15, -0.1) is 0 Å². The van der Waals surface area contributed by atoms with Gasteiger partial charge in [-0.1, -0.05) is 94.3 Å². The van der Waals surface area contributed by atoms with Crippen LogP contribution in [0.3, 0.4) is 0 Å². The zero-order chi connectivity index (χ0) is 31.9. The minimum absolute atomic E-state index is 0.0621. The third-order valence-corrected chi connectivity index (χ3v) is 9.28. The minimum Gasteiger partial charge on any atom is -0.350 e. The number of sulfonamides is 1. The maximum Gasteiger partial charge on any atom is 0.264 e. The van der Waals surface area contributed by atoms with E-state index in [1.54, 1.807) is 42.5 Å². The summed E-state index contributed by atoms with van der Waals surface area (Å²) in [6.45, 7) is 7.26. The van der Waals surface area contributed by atoms with Crippen molar-refractivity contribution in [1.29, 1.82) is 0 Å². The molecule has 0 aliphatic heterocycles. The number of anilines is 1. The molecule has 44 heavy (non-hydrogen) atoms. The van der Waals surface area contributed by atoms with Crippen LogP contribution in [0.1, 0.15) is 37.5 Å². The van der Waals surface area contributed by atoms with Gasteiger partial charge in [-0.25, -0.2) is 8.42 Å². The van der Waals surface area contributed by atoms with E-state index in [1.165, 1.54) is 17.0 Å². The highest BCUT2D eigenvalue weighted by Crippen LogP contribution is 2.26. The molecule has 0 bridgehead atoms. The van der Waals surface area contributed by atoms with Crippen molar-refractivity contribution in [3.05, 3.63) is 130 Å². The van der Waals surface area contributed by atoms with Crippen molar-refractivity contribution >= 4 is 43.5 Å². The average molecular weight is 677 g/mol. The summed E-state index contributed by atoms with van der Waals surface area (Å²) in [5.41, 5.74) is 2.55. The van der Waals surface area contributed by atoms with E-state index in [-0.39, 0.29) is 23.8 Å². The Hall–Kier alpha value is -3.95. The summed E-state index contributed by atoms with van der Waals surface area (Å²) in [4.78, 5) is 30.0. The maximum atomic E-state index is 14.5. The van der Waals surface area contributed by atoms with E-state index in [2.05, 4.69) is 21.2 Å². The Bertz CT molecular complexity index is 1660. The average Bonchev–Trinajstić information content (AvgIpc) is 2.99. The van der Waals surface area contributed by atoms with Crippen LogP contribution in [0.2, 0.25) is 0 Å². The van der Waals surface area contributed by atoms with Crippen LogP contribution in [-0.4, -0.2) is 43.3 Å². The number of hydrogen-bond donors (Lipinski definition) is 1. The van der Waals surface area contributed by atoms with Crippen LogP contribution < -0.4 is 9.62 Å². The second-order valence-corrected chi connectivity index (χ2v) is 14.5. The summed E-state index contributed by atoms with van der Waals surface area (Å²) in [5.74, 6) is -0.819. The van der Waals surface area contributed by atoms with Gasteiger partial charge in [-0.05, 0) is 75.2 Å². The molecule has 0 radical (unpaired) electrons. The van der Waals surface area contributed by atoms with Crippen LogP contribution in [-0.2, 0) is 32.6 Å². The molecule has 4 aromatic rings. The summed E-state index contributed by atoms with van der Waals surface area (Å²) in [7, 11) is -4.14. The fraction of sp³-hybridized carbons (Fsp3) is 0.257. The van der Waals surface area contributed by atoms with Crippen molar-refractivity contribution in [2.75, 3.05) is 10.8 Å². The highest BCUT2D eigenvalue weighted by Gasteiger charge is 2.35. The molecule has 9 heteroatoms. The molecule has 0 saturated carbocycles. The van der Waals surface area contributed by atoms with Gasteiger partial charge >= 0.3 is 0 Å². The Morgan fingerprint density at radius 3 is 1.93 bits per heavy atom. The van der Waals surface area contributed by atoms with E-state index in [0.29, 0.717) is 5.69 Å². The number of hydrogen-bond acceptors (Lipinski definition) is 4. The molecule has 0 aromatic heterocycles. The van der Waals surface area contributed by atoms with Crippen molar-refractivity contribution in [1.82, 2.24) is 10.2 Å². The molecule has 0 spiro atoms. The molecule has 1 N–H and O–H groups in total. The summed E-state index contributed by atoms with van der Waals surface area (Å²) in [6.07, 6.45) is 0.254. The number of carbonyl (C=O) groups excluding carboxylic acids is 2. The molecule has 0 unspecified atom stereocenters.